The van der Waals surface area contributed by atoms with Crippen LogP contribution in [0.3, 0.4) is 0 Å². The summed E-state index contributed by atoms with van der Waals surface area (Å²) in [6.45, 7) is 8.22. The summed E-state index contributed by atoms with van der Waals surface area (Å²) in [6, 6.07) is 17.1. The van der Waals surface area contributed by atoms with Crippen molar-refractivity contribution in [3.05, 3.63) is 81.9 Å². The van der Waals surface area contributed by atoms with Crippen molar-refractivity contribution in [2.24, 2.45) is 0 Å². The van der Waals surface area contributed by atoms with Gasteiger partial charge in [-0.3, -0.25) is 4.79 Å². The predicted molar refractivity (Wildman–Crippen MR) is 122 cm³/mol. The molecule has 0 fully saturated rings. The van der Waals surface area contributed by atoms with Crippen LogP contribution in [0, 0.1) is 13.8 Å². The molecule has 0 saturated heterocycles. The molecule has 4 aromatic rings. The van der Waals surface area contributed by atoms with Crippen molar-refractivity contribution in [3.63, 3.8) is 0 Å². The molecule has 1 amide bonds. The summed E-state index contributed by atoms with van der Waals surface area (Å²) in [4.78, 5) is 17.4. The number of halogens is 1. The molecule has 0 aliphatic carbocycles. The molecule has 152 valence electrons. The molecule has 0 unspecified atom stereocenters. The molecule has 0 spiro atoms. The van der Waals surface area contributed by atoms with Crippen molar-refractivity contribution in [2.45, 2.75) is 33.6 Å². The van der Waals surface area contributed by atoms with Gasteiger partial charge in [0.2, 0.25) is 5.89 Å². The molecule has 4 nitrogen and oxygen atoms in total. The van der Waals surface area contributed by atoms with Crippen LogP contribution in [0.15, 0.2) is 59.0 Å². The highest BCUT2D eigenvalue weighted by molar-refractivity contribution is 6.34. The minimum atomic E-state index is -0.208. The van der Waals surface area contributed by atoms with E-state index in [1.165, 1.54) is 5.56 Å². The van der Waals surface area contributed by atoms with Crippen LogP contribution < -0.4 is 5.32 Å². The van der Waals surface area contributed by atoms with Crippen LogP contribution in [0.2, 0.25) is 5.02 Å². The van der Waals surface area contributed by atoms with Gasteiger partial charge in [-0.2, -0.15) is 0 Å². The molecular formula is C25H23ClN2O2. The van der Waals surface area contributed by atoms with Gasteiger partial charge in [-0.25, -0.2) is 4.98 Å². The van der Waals surface area contributed by atoms with Crippen LogP contribution in [0.4, 0.5) is 5.69 Å². The highest BCUT2D eigenvalue weighted by Crippen LogP contribution is 2.31. The average molecular weight is 419 g/mol. The van der Waals surface area contributed by atoms with Gasteiger partial charge in [-0.15, -0.1) is 0 Å². The minimum Gasteiger partial charge on any atom is -0.436 e. The number of fused-ring (bicyclic) bond motifs is 1. The zero-order valence-electron chi connectivity index (χ0n) is 17.4. The normalized spacial score (nSPS) is 11.3. The molecule has 30 heavy (non-hydrogen) atoms. The fourth-order valence-electron chi connectivity index (χ4n) is 3.48. The lowest BCUT2D eigenvalue weighted by atomic mass is 10.0. The summed E-state index contributed by atoms with van der Waals surface area (Å²) in [5.74, 6) is 0.696. The number of carbonyl (C=O) groups is 1. The van der Waals surface area contributed by atoms with E-state index in [9.17, 15) is 4.79 Å². The Morgan fingerprint density at radius 3 is 2.43 bits per heavy atom. The lowest BCUT2D eigenvalue weighted by Gasteiger charge is -2.10. The number of nitrogens with zero attached hydrogens (tertiary/aromatic N) is 1. The van der Waals surface area contributed by atoms with Crippen LogP contribution >= 0.6 is 11.6 Å². The lowest BCUT2D eigenvalue weighted by molar-refractivity contribution is 0.102. The fourth-order valence-corrected chi connectivity index (χ4v) is 3.65. The van der Waals surface area contributed by atoms with Gasteiger partial charge in [0.1, 0.15) is 5.52 Å². The number of aromatic nitrogens is 1. The van der Waals surface area contributed by atoms with Gasteiger partial charge in [-0.1, -0.05) is 48.7 Å². The van der Waals surface area contributed by atoms with E-state index in [0.29, 0.717) is 28.1 Å². The Balaban J connectivity index is 1.66. The van der Waals surface area contributed by atoms with Gasteiger partial charge in [0.15, 0.2) is 5.58 Å². The third kappa shape index (κ3) is 4.10. The van der Waals surface area contributed by atoms with E-state index in [1.54, 1.807) is 12.1 Å². The predicted octanol–water partition coefficient (Wildman–Crippen LogP) is 7.14. The van der Waals surface area contributed by atoms with Gasteiger partial charge in [0.05, 0.1) is 10.7 Å². The van der Waals surface area contributed by atoms with E-state index in [0.717, 1.165) is 27.8 Å². The monoisotopic (exact) mass is 418 g/mol. The Morgan fingerprint density at radius 2 is 1.73 bits per heavy atom. The smallest absolute Gasteiger partial charge is 0.255 e. The SMILES string of the molecule is Cc1cc(C)cc(C(=O)Nc2cc(-c3nc4cc(C(C)C)ccc4o3)ccc2Cl)c1. The largest absolute Gasteiger partial charge is 0.436 e. The summed E-state index contributed by atoms with van der Waals surface area (Å²) >= 11 is 6.35. The molecule has 1 heterocycles. The van der Waals surface area contributed by atoms with Crippen molar-refractivity contribution in [3.8, 4) is 11.5 Å². The second-order valence-corrected chi connectivity index (χ2v) is 8.33. The Labute approximate surface area is 180 Å². The molecule has 0 atom stereocenters. The number of amides is 1. The summed E-state index contributed by atoms with van der Waals surface area (Å²) in [7, 11) is 0. The number of benzene rings is 3. The standard InChI is InChI=1S/C25H23ClN2O2/c1-14(2)17-6-8-23-22(12-17)28-25(30-23)18-5-7-20(26)21(13-18)27-24(29)19-10-15(3)9-16(4)11-19/h5-14H,1-4H3,(H,27,29). The van der Waals surface area contributed by atoms with Gasteiger partial charge in [0, 0.05) is 11.1 Å². The van der Waals surface area contributed by atoms with Crippen LogP contribution in [0.1, 0.15) is 46.8 Å². The van der Waals surface area contributed by atoms with Crippen LogP contribution in [0.25, 0.3) is 22.6 Å². The minimum absolute atomic E-state index is 0.208. The van der Waals surface area contributed by atoms with Gasteiger partial charge < -0.3 is 9.73 Å². The third-order valence-electron chi connectivity index (χ3n) is 5.02. The number of oxazole rings is 1. The molecule has 0 aliphatic heterocycles. The number of rotatable bonds is 4. The lowest BCUT2D eigenvalue weighted by Crippen LogP contribution is -2.12. The summed E-state index contributed by atoms with van der Waals surface area (Å²) in [5, 5.41) is 3.36. The molecule has 0 bridgehead atoms. The molecule has 5 heteroatoms. The molecule has 0 saturated carbocycles. The first-order valence-corrected chi connectivity index (χ1v) is 10.3. The number of carbonyl (C=O) groups excluding carboxylic acids is 1. The molecule has 1 N–H and O–H groups in total. The maximum absolute atomic E-state index is 12.8. The number of nitrogens with one attached hydrogen (secondary N) is 1. The van der Waals surface area contributed by atoms with E-state index < -0.39 is 0 Å². The molecule has 4 rings (SSSR count). The number of anilines is 1. The van der Waals surface area contributed by atoms with E-state index in [1.807, 2.05) is 50.2 Å². The first-order valence-electron chi connectivity index (χ1n) is 9.90. The summed E-state index contributed by atoms with van der Waals surface area (Å²) in [5.41, 5.74) is 6.68. The van der Waals surface area contributed by atoms with Crippen molar-refractivity contribution < 1.29 is 9.21 Å². The van der Waals surface area contributed by atoms with Gasteiger partial charge >= 0.3 is 0 Å². The highest BCUT2D eigenvalue weighted by Gasteiger charge is 2.14. The average Bonchev–Trinajstić information content (AvgIpc) is 3.12. The van der Waals surface area contributed by atoms with E-state index in [2.05, 4.69) is 30.2 Å². The maximum Gasteiger partial charge on any atom is 0.255 e. The zero-order valence-corrected chi connectivity index (χ0v) is 18.2. The van der Waals surface area contributed by atoms with Crippen molar-refractivity contribution in [1.29, 1.82) is 0 Å². The molecule has 0 aliphatic rings. The number of hydrogen-bond donors (Lipinski definition) is 1. The molecule has 0 radical (unpaired) electrons. The Morgan fingerprint density at radius 1 is 1.00 bits per heavy atom. The van der Waals surface area contributed by atoms with Crippen LogP contribution in [-0.4, -0.2) is 10.9 Å². The molecular weight excluding hydrogens is 396 g/mol. The first-order chi connectivity index (χ1) is 14.3. The van der Waals surface area contributed by atoms with Crippen molar-refractivity contribution >= 4 is 34.3 Å². The first kappa shape index (κ1) is 20.2. The Kier molecular flexibility index (Phi) is 5.35. The number of hydrogen-bond acceptors (Lipinski definition) is 3. The molecule has 3 aromatic carbocycles. The van der Waals surface area contributed by atoms with E-state index >= 15 is 0 Å². The van der Waals surface area contributed by atoms with Gasteiger partial charge in [0.25, 0.3) is 5.91 Å². The second kappa shape index (κ2) is 7.96. The number of aryl methyl sites for hydroxylation is 2. The topological polar surface area (TPSA) is 55.1 Å². The molecule has 1 aromatic heterocycles. The van der Waals surface area contributed by atoms with Crippen LogP contribution in [-0.2, 0) is 0 Å². The quantitative estimate of drug-likeness (QED) is 0.383. The summed E-state index contributed by atoms with van der Waals surface area (Å²) < 4.78 is 5.94. The van der Waals surface area contributed by atoms with Gasteiger partial charge in [-0.05, 0) is 67.8 Å². The van der Waals surface area contributed by atoms with E-state index in [4.69, 9.17) is 16.0 Å². The highest BCUT2D eigenvalue weighted by atomic mass is 35.5. The fraction of sp³-hybridized carbons (Fsp3) is 0.200. The van der Waals surface area contributed by atoms with Crippen molar-refractivity contribution in [2.75, 3.05) is 5.32 Å². The zero-order chi connectivity index (χ0) is 21.4. The third-order valence-corrected chi connectivity index (χ3v) is 5.35. The van der Waals surface area contributed by atoms with Crippen LogP contribution in [0.5, 0.6) is 0 Å². The maximum atomic E-state index is 12.8. The van der Waals surface area contributed by atoms with Crippen molar-refractivity contribution in [1.82, 2.24) is 4.98 Å². The summed E-state index contributed by atoms with van der Waals surface area (Å²) in [6.07, 6.45) is 0. The second-order valence-electron chi connectivity index (χ2n) is 7.93. The van der Waals surface area contributed by atoms with E-state index in [-0.39, 0.29) is 5.91 Å². The Bertz CT molecular complexity index is 1240. The Hall–Kier alpha value is -3.11.